The smallest absolute Gasteiger partial charge is 0.129 e. The highest BCUT2D eigenvalue weighted by Crippen LogP contribution is 2.42. The lowest BCUT2D eigenvalue weighted by Crippen LogP contribution is -2.37. The summed E-state index contributed by atoms with van der Waals surface area (Å²) in [5.74, 6) is -0.273. The third kappa shape index (κ3) is 2.86. The Bertz CT molecular complexity index is 444. The molecule has 0 spiro atoms. The van der Waals surface area contributed by atoms with Crippen molar-refractivity contribution in [3.05, 3.63) is 34.6 Å². The van der Waals surface area contributed by atoms with Crippen LogP contribution in [0, 0.1) is 11.2 Å². The zero-order valence-corrected chi connectivity index (χ0v) is 11.9. The van der Waals surface area contributed by atoms with Crippen molar-refractivity contribution in [2.45, 2.75) is 51.5 Å². The van der Waals surface area contributed by atoms with E-state index in [4.69, 9.17) is 17.3 Å². The molecule has 1 atom stereocenters. The summed E-state index contributed by atoms with van der Waals surface area (Å²) in [5.41, 5.74) is 6.85. The standard InChI is InChI=1S/C15H21ClFN/c1-14(2)6-3-7-15(18,9-8-14)12-5-4-11(16)10-13(12)17/h4-5,10H,3,6-9,18H2,1-2H3. The first-order valence-corrected chi connectivity index (χ1v) is 6.95. The van der Waals surface area contributed by atoms with Gasteiger partial charge in [-0.3, -0.25) is 0 Å². The van der Waals surface area contributed by atoms with E-state index in [2.05, 4.69) is 13.8 Å². The third-order valence-electron chi connectivity index (χ3n) is 4.19. The van der Waals surface area contributed by atoms with Crippen LogP contribution in [0.3, 0.4) is 0 Å². The summed E-state index contributed by atoms with van der Waals surface area (Å²) in [6.45, 7) is 4.52. The van der Waals surface area contributed by atoms with Crippen LogP contribution in [0.4, 0.5) is 4.39 Å². The van der Waals surface area contributed by atoms with E-state index < -0.39 is 5.54 Å². The van der Waals surface area contributed by atoms with Gasteiger partial charge < -0.3 is 5.73 Å². The van der Waals surface area contributed by atoms with Crippen LogP contribution < -0.4 is 5.73 Å². The van der Waals surface area contributed by atoms with E-state index in [1.165, 1.54) is 6.07 Å². The molecule has 18 heavy (non-hydrogen) atoms. The van der Waals surface area contributed by atoms with Gasteiger partial charge in [0.15, 0.2) is 0 Å². The Hall–Kier alpha value is -0.600. The zero-order chi connectivity index (χ0) is 13.4. The average Bonchev–Trinajstić information content (AvgIpc) is 2.39. The molecule has 0 amide bonds. The number of hydrogen-bond acceptors (Lipinski definition) is 1. The highest BCUT2D eigenvalue weighted by molar-refractivity contribution is 6.30. The highest BCUT2D eigenvalue weighted by Gasteiger charge is 2.35. The molecule has 0 bridgehead atoms. The second-order valence-corrected chi connectivity index (χ2v) is 6.73. The van der Waals surface area contributed by atoms with Gasteiger partial charge in [0.05, 0.1) is 0 Å². The molecule has 0 aromatic heterocycles. The second-order valence-electron chi connectivity index (χ2n) is 6.30. The Morgan fingerprint density at radius 1 is 1.17 bits per heavy atom. The normalized spacial score (nSPS) is 27.8. The number of benzene rings is 1. The maximum absolute atomic E-state index is 14.0. The van der Waals surface area contributed by atoms with E-state index >= 15 is 0 Å². The molecule has 1 saturated carbocycles. The Morgan fingerprint density at radius 2 is 1.89 bits per heavy atom. The van der Waals surface area contributed by atoms with Crippen molar-refractivity contribution in [2.24, 2.45) is 11.1 Å². The van der Waals surface area contributed by atoms with Gasteiger partial charge in [-0.25, -0.2) is 4.39 Å². The minimum Gasteiger partial charge on any atom is -0.321 e. The topological polar surface area (TPSA) is 26.0 Å². The lowest BCUT2D eigenvalue weighted by Gasteiger charge is -2.30. The van der Waals surface area contributed by atoms with Crippen molar-refractivity contribution < 1.29 is 4.39 Å². The van der Waals surface area contributed by atoms with Gasteiger partial charge in [-0.2, -0.15) is 0 Å². The predicted octanol–water partition coefficient (Wildman–Crippen LogP) is 4.62. The van der Waals surface area contributed by atoms with Gasteiger partial charge in [0.2, 0.25) is 0 Å². The fourth-order valence-corrected chi connectivity index (χ4v) is 3.02. The van der Waals surface area contributed by atoms with Crippen LogP contribution in [0.15, 0.2) is 18.2 Å². The first kappa shape index (κ1) is 13.8. The molecular formula is C15H21ClFN. The van der Waals surface area contributed by atoms with Crippen LogP contribution in [0.5, 0.6) is 0 Å². The molecule has 3 heteroatoms. The van der Waals surface area contributed by atoms with E-state index in [-0.39, 0.29) is 5.82 Å². The molecule has 100 valence electrons. The molecule has 0 aliphatic heterocycles. The van der Waals surface area contributed by atoms with Crippen LogP contribution in [-0.4, -0.2) is 0 Å². The van der Waals surface area contributed by atoms with Gasteiger partial charge in [0.25, 0.3) is 0 Å². The summed E-state index contributed by atoms with van der Waals surface area (Å²) >= 11 is 5.80. The lowest BCUT2D eigenvalue weighted by molar-refractivity contribution is 0.296. The quantitative estimate of drug-likeness (QED) is 0.740. The maximum Gasteiger partial charge on any atom is 0.129 e. The van der Waals surface area contributed by atoms with Crippen molar-refractivity contribution >= 4 is 11.6 Å². The first-order chi connectivity index (χ1) is 8.32. The molecule has 0 heterocycles. The zero-order valence-electron chi connectivity index (χ0n) is 11.1. The number of rotatable bonds is 1. The van der Waals surface area contributed by atoms with Crippen LogP contribution in [0.1, 0.15) is 51.5 Å². The van der Waals surface area contributed by atoms with E-state index in [1.807, 2.05) is 0 Å². The second kappa shape index (κ2) is 4.82. The van der Waals surface area contributed by atoms with Crippen molar-refractivity contribution in [3.63, 3.8) is 0 Å². The summed E-state index contributed by atoms with van der Waals surface area (Å²) in [6.07, 6.45) is 4.91. The fraction of sp³-hybridized carbons (Fsp3) is 0.600. The Balaban J connectivity index is 2.30. The van der Waals surface area contributed by atoms with E-state index in [9.17, 15) is 4.39 Å². The molecule has 1 aliphatic carbocycles. The molecule has 1 unspecified atom stereocenters. The highest BCUT2D eigenvalue weighted by atomic mass is 35.5. The van der Waals surface area contributed by atoms with Gasteiger partial charge in [-0.15, -0.1) is 0 Å². The maximum atomic E-state index is 14.0. The van der Waals surface area contributed by atoms with Crippen molar-refractivity contribution in [1.82, 2.24) is 0 Å². The number of halogens is 2. The molecule has 1 fully saturated rings. The van der Waals surface area contributed by atoms with E-state index in [1.54, 1.807) is 12.1 Å². The minimum absolute atomic E-state index is 0.273. The average molecular weight is 270 g/mol. The lowest BCUT2D eigenvalue weighted by atomic mass is 9.81. The molecule has 1 aliphatic rings. The largest absolute Gasteiger partial charge is 0.321 e. The van der Waals surface area contributed by atoms with Crippen molar-refractivity contribution in [1.29, 1.82) is 0 Å². The van der Waals surface area contributed by atoms with Gasteiger partial charge in [0, 0.05) is 16.1 Å². The van der Waals surface area contributed by atoms with E-state index in [0.717, 1.165) is 32.1 Å². The molecule has 1 aromatic carbocycles. The van der Waals surface area contributed by atoms with Gasteiger partial charge in [-0.05, 0) is 43.2 Å². The molecule has 1 aromatic rings. The Kier molecular flexibility index (Phi) is 3.70. The molecule has 1 nitrogen and oxygen atoms in total. The van der Waals surface area contributed by atoms with Gasteiger partial charge in [-0.1, -0.05) is 37.9 Å². The van der Waals surface area contributed by atoms with Crippen LogP contribution in [-0.2, 0) is 5.54 Å². The fourth-order valence-electron chi connectivity index (χ4n) is 2.86. The van der Waals surface area contributed by atoms with Crippen LogP contribution in [0.25, 0.3) is 0 Å². The summed E-state index contributed by atoms with van der Waals surface area (Å²) in [5, 5.41) is 0.425. The van der Waals surface area contributed by atoms with Crippen molar-refractivity contribution in [3.8, 4) is 0 Å². The Labute approximate surface area is 114 Å². The summed E-state index contributed by atoms with van der Waals surface area (Å²) in [7, 11) is 0. The Morgan fingerprint density at radius 3 is 2.56 bits per heavy atom. The molecule has 2 rings (SSSR count). The van der Waals surface area contributed by atoms with E-state index in [0.29, 0.717) is 16.0 Å². The van der Waals surface area contributed by atoms with Crippen molar-refractivity contribution in [2.75, 3.05) is 0 Å². The molecule has 2 N–H and O–H groups in total. The SMILES string of the molecule is CC1(C)CCCC(N)(c2ccc(Cl)cc2F)CC1. The molecule has 0 saturated heterocycles. The monoisotopic (exact) mass is 269 g/mol. The number of nitrogens with two attached hydrogens (primary N) is 1. The summed E-state index contributed by atoms with van der Waals surface area (Å²) < 4.78 is 14.0. The molecular weight excluding hydrogens is 249 g/mol. The summed E-state index contributed by atoms with van der Waals surface area (Å²) in [4.78, 5) is 0. The third-order valence-corrected chi connectivity index (χ3v) is 4.43. The first-order valence-electron chi connectivity index (χ1n) is 6.57. The molecule has 0 radical (unpaired) electrons. The van der Waals surface area contributed by atoms with Gasteiger partial charge in [0.1, 0.15) is 5.82 Å². The number of hydrogen-bond donors (Lipinski definition) is 1. The predicted molar refractivity (Wildman–Crippen MR) is 74.1 cm³/mol. The van der Waals surface area contributed by atoms with Crippen LogP contribution >= 0.6 is 11.6 Å². The van der Waals surface area contributed by atoms with Gasteiger partial charge >= 0.3 is 0 Å². The van der Waals surface area contributed by atoms with Crippen LogP contribution in [0.2, 0.25) is 5.02 Å². The minimum atomic E-state index is -0.539. The summed E-state index contributed by atoms with van der Waals surface area (Å²) in [6, 6.07) is 4.84.